The van der Waals surface area contributed by atoms with E-state index in [0.717, 1.165) is 22.7 Å². The molecule has 0 aliphatic carbocycles. The third-order valence-electron chi connectivity index (χ3n) is 10.6. The zero-order chi connectivity index (χ0) is 35.8. The Bertz CT molecular complexity index is 2920. The molecule has 0 spiro atoms. The molecule has 0 radical (unpaired) electrons. The number of hydrogen-bond donors (Lipinski definition) is 0. The van der Waals surface area contributed by atoms with Crippen molar-refractivity contribution in [3.8, 4) is 39.1 Å². The highest BCUT2D eigenvalue weighted by Crippen LogP contribution is 2.43. The quantitative estimate of drug-likeness (QED) is 0.162. The molecule has 0 unspecified atom stereocenters. The van der Waals surface area contributed by atoms with E-state index in [1.54, 1.807) is 0 Å². The van der Waals surface area contributed by atoms with Crippen molar-refractivity contribution in [1.29, 1.82) is 0 Å². The molecular formula is C52H36N2. The molecule has 0 atom stereocenters. The lowest BCUT2D eigenvalue weighted by molar-refractivity contribution is 1.18. The van der Waals surface area contributed by atoms with Crippen LogP contribution >= 0.6 is 0 Å². The van der Waals surface area contributed by atoms with E-state index in [4.69, 9.17) is 0 Å². The van der Waals surface area contributed by atoms with Gasteiger partial charge in [0.15, 0.2) is 0 Å². The Morgan fingerprint density at radius 1 is 0.333 bits per heavy atom. The van der Waals surface area contributed by atoms with E-state index >= 15 is 0 Å². The largest absolute Gasteiger partial charge is 0.310 e. The van der Waals surface area contributed by atoms with E-state index < -0.39 is 0 Å². The van der Waals surface area contributed by atoms with Crippen LogP contribution in [0.15, 0.2) is 218 Å². The minimum atomic E-state index is 1.10. The molecule has 0 amide bonds. The summed E-state index contributed by atoms with van der Waals surface area (Å²) < 4.78 is 2.39. The maximum atomic E-state index is 2.41. The van der Waals surface area contributed by atoms with Crippen molar-refractivity contribution in [3.05, 3.63) is 218 Å². The Labute approximate surface area is 315 Å². The highest BCUT2D eigenvalue weighted by molar-refractivity contribution is 6.16. The van der Waals surface area contributed by atoms with Crippen LogP contribution in [-0.2, 0) is 0 Å². The zero-order valence-corrected chi connectivity index (χ0v) is 29.7. The fourth-order valence-electron chi connectivity index (χ4n) is 8.07. The molecule has 254 valence electrons. The predicted octanol–water partition coefficient (Wildman–Crippen LogP) is 14.4. The maximum Gasteiger partial charge on any atom is 0.0547 e. The van der Waals surface area contributed by atoms with Crippen LogP contribution in [0.1, 0.15) is 0 Å². The molecule has 10 aromatic rings. The molecule has 0 aliphatic heterocycles. The number of anilines is 3. The summed E-state index contributed by atoms with van der Waals surface area (Å²) in [5.74, 6) is 0. The van der Waals surface area contributed by atoms with Crippen LogP contribution in [0, 0.1) is 0 Å². The molecule has 2 heteroatoms. The fraction of sp³-hybridized carbons (Fsp3) is 0. The number of rotatable bonds is 7. The van der Waals surface area contributed by atoms with Crippen molar-refractivity contribution in [2.45, 2.75) is 0 Å². The Balaban J connectivity index is 1.12. The number of nitrogens with zero attached hydrogens (tertiary/aromatic N) is 2. The topological polar surface area (TPSA) is 8.17 Å². The number of hydrogen-bond acceptors (Lipinski definition) is 1. The first-order valence-electron chi connectivity index (χ1n) is 18.5. The lowest BCUT2D eigenvalue weighted by Crippen LogP contribution is -2.10. The molecule has 54 heavy (non-hydrogen) atoms. The van der Waals surface area contributed by atoms with Gasteiger partial charge in [0.25, 0.3) is 0 Å². The van der Waals surface area contributed by atoms with Crippen molar-refractivity contribution in [2.24, 2.45) is 0 Å². The first kappa shape index (κ1) is 31.6. The second kappa shape index (κ2) is 13.4. The van der Waals surface area contributed by atoms with Gasteiger partial charge in [-0.05, 0) is 99.4 Å². The Hall–Kier alpha value is -7.16. The average Bonchev–Trinajstić information content (AvgIpc) is 3.60. The van der Waals surface area contributed by atoms with Gasteiger partial charge in [-0.3, -0.25) is 0 Å². The molecule has 0 bridgehead atoms. The summed E-state index contributed by atoms with van der Waals surface area (Å²) >= 11 is 0. The van der Waals surface area contributed by atoms with Gasteiger partial charge in [-0.15, -0.1) is 0 Å². The smallest absolute Gasteiger partial charge is 0.0547 e. The fourth-order valence-corrected chi connectivity index (χ4v) is 8.07. The van der Waals surface area contributed by atoms with E-state index in [1.165, 1.54) is 66.0 Å². The molecule has 2 nitrogen and oxygen atoms in total. The van der Waals surface area contributed by atoms with Crippen LogP contribution in [0.2, 0.25) is 0 Å². The average molecular weight is 689 g/mol. The van der Waals surface area contributed by atoms with Gasteiger partial charge >= 0.3 is 0 Å². The molecule has 0 N–H and O–H groups in total. The van der Waals surface area contributed by atoms with Gasteiger partial charge in [0.1, 0.15) is 0 Å². The first-order valence-corrected chi connectivity index (χ1v) is 18.5. The number of para-hydroxylation sites is 2. The van der Waals surface area contributed by atoms with Crippen molar-refractivity contribution in [2.75, 3.05) is 4.90 Å². The molecule has 0 saturated carbocycles. The van der Waals surface area contributed by atoms with Gasteiger partial charge in [-0.2, -0.15) is 0 Å². The summed E-state index contributed by atoms with van der Waals surface area (Å²) in [6, 6.07) is 78.8. The standard InChI is InChI=1S/C52H36N2/c1-3-15-37(16-4-1)40-19-11-20-41(35-40)38-31-33-44(34-32-38)53(49-29-13-18-39-17-7-8-25-46(39)49)45-24-12-21-42(36-45)47-27-14-30-51-52(47)48-26-9-10-28-50(48)54(51)43-22-5-2-6-23-43/h1-36H. The van der Waals surface area contributed by atoms with Gasteiger partial charge in [0.05, 0.1) is 16.7 Å². The van der Waals surface area contributed by atoms with E-state index in [1.807, 2.05) is 0 Å². The molecule has 1 heterocycles. The summed E-state index contributed by atoms with van der Waals surface area (Å²) in [6.07, 6.45) is 0. The van der Waals surface area contributed by atoms with Crippen LogP contribution in [0.5, 0.6) is 0 Å². The van der Waals surface area contributed by atoms with Crippen LogP contribution in [0.3, 0.4) is 0 Å². The number of benzene rings is 9. The highest BCUT2D eigenvalue weighted by Gasteiger charge is 2.19. The third kappa shape index (κ3) is 5.53. The summed E-state index contributed by atoms with van der Waals surface area (Å²) in [5.41, 5.74) is 14.1. The van der Waals surface area contributed by atoms with Gasteiger partial charge in [-0.1, -0.05) is 158 Å². The second-order valence-corrected chi connectivity index (χ2v) is 13.8. The first-order chi connectivity index (χ1) is 26.8. The van der Waals surface area contributed by atoms with Crippen LogP contribution in [0.25, 0.3) is 71.6 Å². The summed E-state index contributed by atoms with van der Waals surface area (Å²) in [5, 5.41) is 4.92. The van der Waals surface area contributed by atoms with E-state index in [0.29, 0.717) is 0 Å². The molecule has 9 aromatic carbocycles. The molecule has 0 aliphatic rings. The minimum Gasteiger partial charge on any atom is -0.310 e. The summed E-state index contributed by atoms with van der Waals surface area (Å²) in [4.78, 5) is 2.41. The monoisotopic (exact) mass is 688 g/mol. The minimum absolute atomic E-state index is 1.10. The van der Waals surface area contributed by atoms with Gasteiger partial charge in [0.2, 0.25) is 0 Å². The second-order valence-electron chi connectivity index (χ2n) is 13.8. The SMILES string of the molecule is c1ccc(-c2cccc(-c3ccc(N(c4cccc(-c5cccc6c5c5ccccc5n6-c5ccccc5)c4)c4cccc5ccccc45)cc3)c2)cc1. The van der Waals surface area contributed by atoms with Crippen LogP contribution in [-0.4, -0.2) is 4.57 Å². The van der Waals surface area contributed by atoms with Gasteiger partial charge in [0, 0.05) is 33.2 Å². The number of aromatic nitrogens is 1. The molecular weight excluding hydrogens is 653 g/mol. The van der Waals surface area contributed by atoms with Gasteiger partial charge in [-0.25, -0.2) is 0 Å². The third-order valence-corrected chi connectivity index (χ3v) is 10.6. The van der Waals surface area contributed by atoms with Crippen LogP contribution in [0.4, 0.5) is 17.1 Å². The lowest BCUT2D eigenvalue weighted by Gasteiger charge is -2.27. The van der Waals surface area contributed by atoms with E-state index in [2.05, 4.69) is 228 Å². The van der Waals surface area contributed by atoms with E-state index in [-0.39, 0.29) is 0 Å². The maximum absolute atomic E-state index is 2.41. The lowest BCUT2D eigenvalue weighted by atomic mass is 9.97. The van der Waals surface area contributed by atoms with E-state index in [9.17, 15) is 0 Å². The van der Waals surface area contributed by atoms with Crippen molar-refractivity contribution >= 4 is 49.6 Å². The molecule has 0 saturated heterocycles. The zero-order valence-electron chi connectivity index (χ0n) is 29.7. The molecule has 1 aromatic heterocycles. The Kier molecular flexibility index (Phi) is 7.85. The van der Waals surface area contributed by atoms with Crippen molar-refractivity contribution in [3.63, 3.8) is 0 Å². The Morgan fingerprint density at radius 2 is 0.907 bits per heavy atom. The highest BCUT2D eigenvalue weighted by atomic mass is 15.1. The number of fused-ring (bicyclic) bond motifs is 4. The normalized spacial score (nSPS) is 11.3. The van der Waals surface area contributed by atoms with Crippen LogP contribution < -0.4 is 4.90 Å². The molecule has 0 fully saturated rings. The predicted molar refractivity (Wildman–Crippen MR) is 229 cm³/mol. The molecule has 10 rings (SSSR count). The van der Waals surface area contributed by atoms with Crippen molar-refractivity contribution < 1.29 is 0 Å². The van der Waals surface area contributed by atoms with Gasteiger partial charge < -0.3 is 9.47 Å². The summed E-state index contributed by atoms with van der Waals surface area (Å²) in [6.45, 7) is 0. The summed E-state index contributed by atoms with van der Waals surface area (Å²) in [7, 11) is 0. The Morgan fingerprint density at radius 3 is 1.72 bits per heavy atom. The van der Waals surface area contributed by atoms with Crippen molar-refractivity contribution in [1.82, 2.24) is 4.57 Å².